The van der Waals surface area contributed by atoms with Gasteiger partial charge in [-0.25, -0.2) is 4.98 Å². The van der Waals surface area contributed by atoms with Crippen molar-refractivity contribution in [1.82, 2.24) is 4.98 Å². The van der Waals surface area contributed by atoms with Gasteiger partial charge in [-0.3, -0.25) is 5.01 Å². The quantitative estimate of drug-likeness (QED) is 0.322. The molecule has 1 aromatic heterocycles. The van der Waals surface area contributed by atoms with Crippen LogP contribution in [0.3, 0.4) is 0 Å². The minimum Gasteiger partial charge on any atom is -0.372 e. The molecule has 4 nitrogen and oxygen atoms in total. The molecule has 1 atom stereocenters. The number of thiazole rings is 1. The highest BCUT2D eigenvalue weighted by molar-refractivity contribution is 7.21. The molecule has 1 aliphatic rings. The summed E-state index contributed by atoms with van der Waals surface area (Å²) in [5.41, 5.74) is 7.17. The van der Waals surface area contributed by atoms with Crippen LogP contribution < -0.4 is 9.91 Å². The fourth-order valence-corrected chi connectivity index (χ4v) is 5.42. The highest BCUT2D eigenvalue weighted by Gasteiger charge is 2.24. The summed E-state index contributed by atoms with van der Waals surface area (Å²) < 4.78 is 1.24. The van der Waals surface area contributed by atoms with Crippen LogP contribution in [-0.4, -0.2) is 24.3 Å². The van der Waals surface area contributed by atoms with Crippen LogP contribution in [0, 0.1) is 6.92 Å². The molecule has 3 aromatic carbocycles. The molecule has 0 amide bonds. The molecular formula is C27H28N4S. The van der Waals surface area contributed by atoms with Crippen LogP contribution in [0.4, 0.5) is 11.4 Å². The number of hydrogen-bond donors (Lipinski definition) is 0. The van der Waals surface area contributed by atoms with Gasteiger partial charge in [0, 0.05) is 37.0 Å². The number of rotatable bonds is 6. The number of hydrogen-bond acceptors (Lipinski definition) is 5. The van der Waals surface area contributed by atoms with Gasteiger partial charge in [-0.05, 0) is 80.4 Å². The van der Waals surface area contributed by atoms with E-state index in [9.17, 15) is 0 Å². The van der Waals surface area contributed by atoms with Crippen molar-refractivity contribution in [2.24, 2.45) is 5.10 Å². The number of hydrazone groups is 1. The molecule has 5 rings (SSSR count). The standard InChI is InChI=1S/C27H28N4S/c1-4-30(5-2)22-11-7-20(8-12-22)25-16-17-28-31(25)23-13-9-21(10-14-23)27-29-24-15-6-19(3)18-26(24)32-27/h6-15,17-18,25H,4-5,16H2,1-3H3. The molecule has 2 heterocycles. The van der Waals surface area contributed by atoms with Gasteiger partial charge in [-0.1, -0.05) is 18.2 Å². The van der Waals surface area contributed by atoms with E-state index in [0.29, 0.717) is 0 Å². The van der Waals surface area contributed by atoms with Crippen molar-refractivity contribution in [3.8, 4) is 10.6 Å². The lowest BCUT2D eigenvalue weighted by Gasteiger charge is -2.26. The maximum Gasteiger partial charge on any atom is 0.124 e. The van der Waals surface area contributed by atoms with Gasteiger partial charge in [-0.15, -0.1) is 11.3 Å². The summed E-state index contributed by atoms with van der Waals surface area (Å²) in [5.74, 6) is 0. The van der Waals surface area contributed by atoms with E-state index in [2.05, 4.69) is 103 Å². The van der Waals surface area contributed by atoms with E-state index in [1.807, 2.05) is 6.21 Å². The molecule has 0 aliphatic carbocycles. The molecule has 4 aromatic rings. The summed E-state index contributed by atoms with van der Waals surface area (Å²) in [6.45, 7) is 8.56. The number of aromatic nitrogens is 1. The number of fused-ring (bicyclic) bond motifs is 1. The van der Waals surface area contributed by atoms with Crippen molar-refractivity contribution < 1.29 is 0 Å². The average Bonchev–Trinajstić information content (AvgIpc) is 3.47. The molecular weight excluding hydrogens is 412 g/mol. The first-order valence-corrected chi connectivity index (χ1v) is 12.1. The zero-order chi connectivity index (χ0) is 22.1. The maximum absolute atomic E-state index is 4.82. The van der Waals surface area contributed by atoms with Crippen molar-refractivity contribution in [3.63, 3.8) is 0 Å². The van der Waals surface area contributed by atoms with Gasteiger partial charge < -0.3 is 4.90 Å². The van der Waals surface area contributed by atoms with E-state index in [1.165, 1.54) is 21.5 Å². The van der Waals surface area contributed by atoms with Crippen LogP contribution >= 0.6 is 11.3 Å². The summed E-state index contributed by atoms with van der Waals surface area (Å²) >= 11 is 1.75. The zero-order valence-electron chi connectivity index (χ0n) is 18.8. The number of benzene rings is 3. The van der Waals surface area contributed by atoms with Gasteiger partial charge >= 0.3 is 0 Å². The topological polar surface area (TPSA) is 31.7 Å². The molecule has 0 bridgehead atoms. The normalized spacial score (nSPS) is 15.6. The van der Waals surface area contributed by atoms with E-state index in [0.717, 1.165) is 41.3 Å². The first-order chi connectivity index (χ1) is 15.7. The van der Waals surface area contributed by atoms with E-state index < -0.39 is 0 Å². The molecule has 0 radical (unpaired) electrons. The van der Waals surface area contributed by atoms with Gasteiger partial charge in [0.05, 0.1) is 21.9 Å². The maximum atomic E-state index is 4.82. The molecule has 0 saturated heterocycles. The summed E-state index contributed by atoms with van der Waals surface area (Å²) in [6.07, 6.45) is 2.94. The number of aryl methyl sites for hydroxylation is 1. The Morgan fingerprint density at radius 3 is 2.44 bits per heavy atom. The lowest BCUT2D eigenvalue weighted by Crippen LogP contribution is -2.22. The van der Waals surface area contributed by atoms with Gasteiger partial charge in [-0.2, -0.15) is 5.10 Å². The summed E-state index contributed by atoms with van der Waals surface area (Å²) in [7, 11) is 0. The van der Waals surface area contributed by atoms with Crippen molar-refractivity contribution in [3.05, 3.63) is 77.9 Å². The third-order valence-electron chi connectivity index (χ3n) is 6.16. The van der Waals surface area contributed by atoms with Gasteiger partial charge in [0.25, 0.3) is 0 Å². The monoisotopic (exact) mass is 440 g/mol. The largest absolute Gasteiger partial charge is 0.372 e. The van der Waals surface area contributed by atoms with E-state index in [4.69, 9.17) is 4.98 Å². The summed E-state index contributed by atoms with van der Waals surface area (Å²) in [4.78, 5) is 7.19. The molecule has 0 saturated carbocycles. The van der Waals surface area contributed by atoms with Crippen LogP contribution in [0.1, 0.15) is 37.4 Å². The minimum absolute atomic E-state index is 0.233. The Hall–Kier alpha value is -3.18. The molecule has 162 valence electrons. The van der Waals surface area contributed by atoms with Gasteiger partial charge in [0.1, 0.15) is 5.01 Å². The molecule has 5 heteroatoms. The second kappa shape index (κ2) is 8.75. The molecule has 32 heavy (non-hydrogen) atoms. The highest BCUT2D eigenvalue weighted by atomic mass is 32.1. The molecule has 0 spiro atoms. The number of nitrogens with zero attached hydrogens (tertiary/aromatic N) is 4. The first-order valence-electron chi connectivity index (χ1n) is 11.3. The van der Waals surface area contributed by atoms with E-state index in [-0.39, 0.29) is 6.04 Å². The third-order valence-corrected chi connectivity index (χ3v) is 7.23. The SMILES string of the molecule is CCN(CC)c1ccc(C2CC=NN2c2ccc(-c3nc4ccc(C)cc4s3)cc2)cc1. The van der Waals surface area contributed by atoms with Crippen LogP contribution in [0.15, 0.2) is 71.8 Å². The fourth-order valence-electron chi connectivity index (χ4n) is 4.35. The summed E-state index contributed by atoms with van der Waals surface area (Å²) in [5, 5.41) is 7.88. The summed E-state index contributed by atoms with van der Waals surface area (Å²) in [6, 6.07) is 24.3. The van der Waals surface area contributed by atoms with E-state index in [1.54, 1.807) is 11.3 Å². The Morgan fingerprint density at radius 2 is 1.72 bits per heavy atom. The van der Waals surface area contributed by atoms with Crippen molar-refractivity contribution in [1.29, 1.82) is 0 Å². The van der Waals surface area contributed by atoms with Crippen LogP contribution in [0.25, 0.3) is 20.8 Å². The van der Waals surface area contributed by atoms with Crippen molar-refractivity contribution in [2.45, 2.75) is 33.2 Å². The Labute approximate surface area is 193 Å². The van der Waals surface area contributed by atoms with Gasteiger partial charge in [0.15, 0.2) is 0 Å². The van der Waals surface area contributed by atoms with Gasteiger partial charge in [0.2, 0.25) is 0 Å². The highest BCUT2D eigenvalue weighted by Crippen LogP contribution is 2.36. The van der Waals surface area contributed by atoms with Crippen LogP contribution in [-0.2, 0) is 0 Å². The minimum atomic E-state index is 0.233. The smallest absolute Gasteiger partial charge is 0.124 e. The molecule has 1 unspecified atom stereocenters. The fraction of sp³-hybridized carbons (Fsp3) is 0.259. The second-order valence-corrected chi connectivity index (χ2v) is 9.23. The Kier molecular flexibility index (Phi) is 5.66. The Morgan fingerprint density at radius 1 is 0.969 bits per heavy atom. The van der Waals surface area contributed by atoms with Crippen LogP contribution in [0.5, 0.6) is 0 Å². The Bertz CT molecular complexity index is 1240. The lowest BCUT2D eigenvalue weighted by atomic mass is 10.0. The number of anilines is 2. The second-order valence-electron chi connectivity index (χ2n) is 8.20. The van der Waals surface area contributed by atoms with Crippen molar-refractivity contribution >= 4 is 39.1 Å². The molecule has 1 aliphatic heterocycles. The first kappa shape index (κ1) is 20.7. The molecule has 0 fully saturated rings. The van der Waals surface area contributed by atoms with Crippen molar-refractivity contribution in [2.75, 3.05) is 23.0 Å². The Balaban J connectivity index is 1.37. The molecule has 0 N–H and O–H groups in total. The van der Waals surface area contributed by atoms with Crippen LogP contribution in [0.2, 0.25) is 0 Å². The van der Waals surface area contributed by atoms with E-state index >= 15 is 0 Å². The zero-order valence-corrected chi connectivity index (χ0v) is 19.6. The average molecular weight is 441 g/mol. The lowest BCUT2D eigenvalue weighted by molar-refractivity contribution is 0.709. The predicted octanol–water partition coefficient (Wildman–Crippen LogP) is 7.06. The third kappa shape index (κ3) is 3.89. The predicted molar refractivity (Wildman–Crippen MR) is 138 cm³/mol.